The Hall–Kier alpha value is -1.95. The van der Waals surface area contributed by atoms with Gasteiger partial charge >= 0.3 is 0 Å². The lowest BCUT2D eigenvalue weighted by Gasteiger charge is -2.21. The van der Waals surface area contributed by atoms with Gasteiger partial charge in [0.2, 0.25) is 0 Å². The number of aryl methyl sites for hydroxylation is 1. The zero-order valence-electron chi connectivity index (χ0n) is 14.3. The normalized spacial score (nSPS) is 10.5. The number of hydrogen-bond donors (Lipinski definition) is 1. The number of anilines is 2. The quantitative estimate of drug-likeness (QED) is 0.752. The van der Waals surface area contributed by atoms with Crippen LogP contribution in [0.15, 0.2) is 34.8 Å². The third kappa shape index (κ3) is 5.03. The Morgan fingerprint density at radius 3 is 2.50 bits per heavy atom. The highest BCUT2D eigenvalue weighted by molar-refractivity contribution is 9.10. The van der Waals surface area contributed by atoms with E-state index in [-0.39, 0.29) is 5.91 Å². The Morgan fingerprint density at radius 1 is 1.17 bits per heavy atom. The van der Waals surface area contributed by atoms with Crippen LogP contribution < -0.4 is 5.32 Å². The van der Waals surface area contributed by atoms with Gasteiger partial charge in [-0.15, -0.1) is 0 Å². The van der Waals surface area contributed by atoms with E-state index in [1.165, 1.54) is 0 Å². The first kappa shape index (κ1) is 18.4. The van der Waals surface area contributed by atoms with Crippen molar-refractivity contribution < 1.29 is 4.79 Å². The zero-order valence-corrected chi connectivity index (χ0v) is 15.9. The summed E-state index contributed by atoms with van der Waals surface area (Å²) >= 11 is 3.45. The van der Waals surface area contributed by atoms with Crippen LogP contribution in [0.4, 0.5) is 11.5 Å². The number of benzene rings is 1. The largest absolute Gasteiger partial charge is 0.340 e. The molecule has 6 heteroatoms. The molecule has 1 aromatic heterocycles. The number of aromatic nitrogens is 2. The van der Waals surface area contributed by atoms with E-state index in [2.05, 4.69) is 45.1 Å². The molecule has 0 fully saturated rings. The maximum atomic E-state index is 12.7. The highest BCUT2D eigenvalue weighted by Crippen LogP contribution is 2.20. The SMILES string of the molecule is CCCN(CCC)C(=O)c1cc(Nc2cccc(Br)c2)nc(C)n1. The molecule has 5 nitrogen and oxygen atoms in total. The van der Waals surface area contributed by atoms with E-state index in [1.807, 2.05) is 29.2 Å². The molecular weight excluding hydrogens is 368 g/mol. The van der Waals surface area contributed by atoms with Crippen LogP contribution in [0.3, 0.4) is 0 Å². The topological polar surface area (TPSA) is 58.1 Å². The van der Waals surface area contributed by atoms with Crippen LogP contribution in [0, 0.1) is 6.92 Å². The molecule has 1 amide bonds. The molecule has 2 rings (SSSR count). The lowest BCUT2D eigenvalue weighted by molar-refractivity contribution is 0.0749. The average molecular weight is 391 g/mol. The summed E-state index contributed by atoms with van der Waals surface area (Å²) in [6, 6.07) is 9.52. The van der Waals surface area contributed by atoms with Gasteiger partial charge in [-0.2, -0.15) is 0 Å². The summed E-state index contributed by atoms with van der Waals surface area (Å²) in [6.07, 6.45) is 1.86. The molecule has 0 aliphatic rings. The summed E-state index contributed by atoms with van der Waals surface area (Å²) in [4.78, 5) is 23.3. The first-order valence-electron chi connectivity index (χ1n) is 8.21. The van der Waals surface area contributed by atoms with Gasteiger partial charge in [0.05, 0.1) is 0 Å². The molecule has 0 aliphatic carbocycles. The first-order chi connectivity index (χ1) is 11.5. The molecule has 0 saturated carbocycles. The van der Waals surface area contributed by atoms with Crippen molar-refractivity contribution in [3.8, 4) is 0 Å². The Balaban J connectivity index is 2.25. The summed E-state index contributed by atoms with van der Waals surface area (Å²) in [6.45, 7) is 7.42. The molecular formula is C18H23BrN4O. The average Bonchev–Trinajstić information content (AvgIpc) is 2.53. The van der Waals surface area contributed by atoms with Gasteiger partial charge < -0.3 is 10.2 Å². The Kier molecular flexibility index (Phi) is 6.73. The number of hydrogen-bond acceptors (Lipinski definition) is 4. The highest BCUT2D eigenvalue weighted by Gasteiger charge is 2.17. The Bertz CT molecular complexity index is 699. The zero-order chi connectivity index (χ0) is 17.5. The number of amides is 1. The molecule has 24 heavy (non-hydrogen) atoms. The molecule has 0 saturated heterocycles. The molecule has 0 bridgehead atoms. The minimum absolute atomic E-state index is 0.0403. The molecule has 0 unspecified atom stereocenters. The van der Waals surface area contributed by atoms with E-state index in [1.54, 1.807) is 13.0 Å². The summed E-state index contributed by atoms with van der Waals surface area (Å²) in [5.74, 6) is 1.16. The van der Waals surface area contributed by atoms with Crippen molar-refractivity contribution in [3.05, 3.63) is 46.3 Å². The molecule has 1 aromatic carbocycles. The molecule has 1 N–H and O–H groups in total. The van der Waals surface area contributed by atoms with E-state index in [0.717, 1.165) is 36.1 Å². The van der Waals surface area contributed by atoms with Gasteiger partial charge in [0, 0.05) is 29.3 Å². The maximum absolute atomic E-state index is 12.7. The fourth-order valence-corrected chi connectivity index (χ4v) is 2.87. The van der Waals surface area contributed by atoms with E-state index < -0.39 is 0 Å². The predicted octanol–water partition coefficient (Wildman–Crippen LogP) is 4.55. The van der Waals surface area contributed by atoms with Gasteiger partial charge in [0.1, 0.15) is 17.3 Å². The van der Waals surface area contributed by atoms with Crippen molar-refractivity contribution in [1.82, 2.24) is 14.9 Å². The second-order valence-electron chi connectivity index (χ2n) is 5.61. The molecule has 0 radical (unpaired) electrons. The Morgan fingerprint density at radius 2 is 1.88 bits per heavy atom. The smallest absolute Gasteiger partial charge is 0.272 e. The van der Waals surface area contributed by atoms with Crippen LogP contribution >= 0.6 is 15.9 Å². The molecule has 0 aliphatic heterocycles. The van der Waals surface area contributed by atoms with Crippen LogP contribution in [0.25, 0.3) is 0 Å². The van der Waals surface area contributed by atoms with Crippen molar-refractivity contribution in [2.24, 2.45) is 0 Å². The van der Waals surface area contributed by atoms with Crippen LogP contribution in [0.5, 0.6) is 0 Å². The van der Waals surface area contributed by atoms with Crippen molar-refractivity contribution >= 4 is 33.3 Å². The second kappa shape index (κ2) is 8.78. The number of carbonyl (C=O) groups is 1. The van der Waals surface area contributed by atoms with Crippen LogP contribution in [0.2, 0.25) is 0 Å². The number of nitrogens with zero attached hydrogens (tertiary/aromatic N) is 3. The van der Waals surface area contributed by atoms with E-state index in [9.17, 15) is 4.79 Å². The fraction of sp³-hybridized carbons (Fsp3) is 0.389. The van der Waals surface area contributed by atoms with Crippen molar-refractivity contribution in [3.63, 3.8) is 0 Å². The summed E-state index contributed by atoms with van der Waals surface area (Å²) < 4.78 is 0.978. The van der Waals surface area contributed by atoms with E-state index in [0.29, 0.717) is 17.3 Å². The van der Waals surface area contributed by atoms with Gasteiger partial charge in [-0.25, -0.2) is 9.97 Å². The monoisotopic (exact) mass is 390 g/mol. The van der Waals surface area contributed by atoms with E-state index >= 15 is 0 Å². The predicted molar refractivity (Wildman–Crippen MR) is 101 cm³/mol. The maximum Gasteiger partial charge on any atom is 0.272 e. The summed E-state index contributed by atoms with van der Waals surface area (Å²) in [7, 11) is 0. The summed E-state index contributed by atoms with van der Waals surface area (Å²) in [5, 5.41) is 3.23. The van der Waals surface area contributed by atoms with Gasteiger partial charge in [0.25, 0.3) is 5.91 Å². The molecule has 0 atom stereocenters. The molecule has 128 valence electrons. The molecule has 0 spiro atoms. The van der Waals surface area contributed by atoms with Crippen molar-refractivity contribution in [2.75, 3.05) is 18.4 Å². The number of carbonyl (C=O) groups excluding carboxylic acids is 1. The van der Waals surface area contributed by atoms with Gasteiger partial charge in [0.15, 0.2) is 0 Å². The highest BCUT2D eigenvalue weighted by atomic mass is 79.9. The van der Waals surface area contributed by atoms with E-state index in [4.69, 9.17) is 0 Å². The lowest BCUT2D eigenvalue weighted by Crippen LogP contribution is -2.33. The standard InChI is InChI=1S/C18H23BrN4O/c1-4-9-23(10-5-2)18(24)16-12-17(21-13(3)20-16)22-15-8-6-7-14(19)11-15/h6-8,11-12H,4-5,9-10H2,1-3H3,(H,20,21,22). The van der Waals surface area contributed by atoms with Crippen LogP contribution in [-0.2, 0) is 0 Å². The molecule has 1 heterocycles. The van der Waals surface area contributed by atoms with Crippen LogP contribution in [-0.4, -0.2) is 33.9 Å². The van der Waals surface area contributed by atoms with Crippen LogP contribution in [0.1, 0.15) is 43.0 Å². The van der Waals surface area contributed by atoms with Gasteiger partial charge in [-0.1, -0.05) is 35.8 Å². The third-order valence-electron chi connectivity index (χ3n) is 3.43. The van der Waals surface area contributed by atoms with Crippen molar-refractivity contribution in [1.29, 1.82) is 0 Å². The van der Waals surface area contributed by atoms with Crippen molar-refractivity contribution in [2.45, 2.75) is 33.6 Å². The second-order valence-corrected chi connectivity index (χ2v) is 6.53. The Labute approximate surface area is 151 Å². The number of nitrogens with one attached hydrogen (secondary N) is 1. The lowest BCUT2D eigenvalue weighted by atomic mass is 10.2. The molecule has 2 aromatic rings. The fourth-order valence-electron chi connectivity index (χ4n) is 2.47. The van der Waals surface area contributed by atoms with Gasteiger partial charge in [-0.3, -0.25) is 4.79 Å². The first-order valence-corrected chi connectivity index (χ1v) is 9.00. The number of halogens is 1. The number of rotatable bonds is 7. The third-order valence-corrected chi connectivity index (χ3v) is 3.92. The van der Waals surface area contributed by atoms with Gasteiger partial charge in [-0.05, 0) is 38.0 Å². The minimum atomic E-state index is -0.0403. The minimum Gasteiger partial charge on any atom is -0.340 e. The summed E-state index contributed by atoms with van der Waals surface area (Å²) in [5.41, 5.74) is 1.33.